The second-order valence-electron chi connectivity index (χ2n) is 5.91. The normalized spacial score (nSPS) is 16.7. The Morgan fingerprint density at radius 1 is 1.29 bits per heavy atom. The first-order valence-corrected chi connectivity index (χ1v) is 8.95. The summed E-state index contributed by atoms with van der Waals surface area (Å²) < 4.78 is 5.34. The van der Waals surface area contributed by atoms with Crippen LogP contribution in [0, 0.1) is 5.41 Å². The SMILES string of the molecule is NC(=O)C1(CNc2nnc(Cc3ccc(Cl)cc3)s2)CCOCC1. The molecule has 1 aliphatic heterocycles. The highest BCUT2D eigenvalue weighted by Gasteiger charge is 2.38. The van der Waals surface area contributed by atoms with Crippen molar-refractivity contribution in [1.29, 1.82) is 0 Å². The Bertz CT molecular complexity index is 698. The molecule has 1 saturated heterocycles. The van der Waals surface area contributed by atoms with Crippen LogP contribution in [-0.4, -0.2) is 35.9 Å². The molecule has 128 valence electrons. The molecule has 0 bridgehead atoms. The molecule has 24 heavy (non-hydrogen) atoms. The zero-order valence-corrected chi connectivity index (χ0v) is 14.7. The molecule has 0 aliphatic carbocycles. The average molecular weight is 367 g/mol. The maximum absolute atomic E-state index is 11.9. The van der Waals surface area contributed by atoms with Crippen LogP contribution in [0.3, 0.4) is 0 Å². The minimum absolute atomic E-state index is 0.288. The van der Waals surface area contributed by atoms with E-state index in [2.05, 4.69) is 15.5 Å². The fraction of sp³-hybridized carbons (Fsp3) is 0.438. The van der Waals surface area contributed by atoms with Gasteiger partial charge in [-0.2, -0.15) is 0 Å². The molecule has 1 aromatic carbocycles. The number of ether oxygens (including phenoxy) is 1. The number of benzene rings is 1. The summed E-state index contributed by atoms with van der Waals surface area (Å²) in [5, 5.41) is 13.9. The van der Waals surface area contributed by atoms with Crippen LogP contribution in [0.1, 0.15) is 23.4 Å². The lowest BCUT2D eigenvalue weighted by Crippen LogP contribution is -2.46. The molecule has 3 rings (SSSR count). The highest BCUT2D eigenvalue weighted by atomic mass is 35.5. The molecule has 0 atom stereocenters. The van der Waals surface area contributed by atoms with Crippen molar-refractivity contribution in [3.63, 3.8) is 0 Å². The Morgan fingerprint density at radius 2 is 2.00 bits per heavy atom. The Hall–Kier alpha value is -1.70. The molecule has 1 aliphatic rings. The van der Waals surface area contributed by atoms with Crippen LogP contribution in [0.2, 0.25) is 5.02 Å². The number of halogens is 1. The molecular formula is C16H19ClN4O2S. The first-order chi connectivity index (χ1) is 11.6. The first-order valence-electron chi connectivity index (χ1n) is 7.76. The van der Waals surface area contributed by atoms with Gasteiger partial charge in [0.05, 0.1) is 5.41 Å². The molecule has 1 aromatic heterocycles. The van der Waals surface area contributed by atoms with E-state index in [1.54, 1.807) is 0 Å². The lowest BCUT2D eigenvalue weighted by atomic mass is 9.79. The van der Waals surface area contributed by atoms with Crippen molar-refractivity contribution in [3.8, 4) is 0 Å². The summed E-state index contributed by atoms with van der Waals surface area (Å²) in [6.45, 7) is 1.58. The predicted molar refractivity (Wildman–Crippen MR) is 94.3 cm³/mol. The molecule has 0 spiro atoms. The Kier molecular flexibility index (Phi) is 5.33. The summed E-state index contributed by atoms with van der Waals surface area (Å²) in [6, 6.07) is 7.67. The van der Waals surface area contributed by atoms with E-state index in [1.807, 2.05) is 24.3 Å². The van der Waals surface area contributed by atoms with E-state index in [-0.39, 0.29) is 5.91 Å². The van der Waals surface area contributed by atoms with Crippen LogP contribution in [-0.2, 0) is 16.0 Å². The minimum Gasteiger partial charge on any atom is -0.381 e. The molecule has 0 unspecified atom stereocenters. The minimum atomic E-state index is -0.569. The van der Waals surface area contributed by atoms with Gasteiger partial charge in [-0.15, -0.1) is 10.2 Å². The number of carbonyl (C=O) groups excluding carboxylic acids is 1. The van der Waals surface area contributed by atoms with Gasteiger partial charge in [0.2, 0.25) is 11.0 Å². The van der Waals surface area contributed by atoms with Crippen molar-refractivity contribution in [2.45, 2.75) is 19.3 Å². The number of primary amides is 1. The van der Waals surface area contributed by atoms with E-state index >= 15 is 0 Å². The number of carbonyl (C=O) groups is 1. The third-order valence-electron chi connectivity index (χ3n) is 4.29. The van der Waals surface area contributed by atoms with Crippen LogP contribution in [0.5, 0.6) is 0 Å². The third kappa shape index (κ3) is 4.03. The summed E-state index contributed by atoms with van der Waals surface area (Å²) in [5.41, 5.74) is 6.16. The van der Waals surface area contributed by atoms with Gasteiger partial charge in [0, 0.05) is 31.2 Å². The number of nitrogens with zero attached hydrogens (tertiary/aromatic N) is 2. The monoisotopic (exact) mass is 366 g/mol. The van der Waals surface area contributed by atoms with Crippen LogP contribution in [0.4, 0.5) is 5.13 Å². The molecule has 8 heteroatoms. The van der Waals surface area contributed by atoms with E-state index in [0.29, 0.717) is 49.2 Å². The van der Waals surface area contributed by atoms with Crippen molar-refractivity contribution in [2.75, 3.05) is 25.1 Å². The molecule has 0 saturated carbocycles. The van der Waals surface area contributed by atoms with Crippen molar-refractivity contribution in [3.05, 3.63) is 39.9 Å². The summed E-state index contributed by atoms with van der Waals surface area (Å²) in [6.07, 6.45) is 1.96. The van der Waals surface area contributed by atoms with Crippen molar-refractivity contribution in [1.82, 2.24) is 10.2 Å². The standard InChI is InChI=1S/C16H19ClN4O2S/c17-12-3-1-11(2-4-12)9-13-20-21-15(24-13)19-10-16(14(18)22)5-7-23-8-6-16/h1-4H,5-10H2,(H2,18,22)(H,19,21). The van der Waals surface area contributed by atoms with E-state index < -0.39 is 5.41 Å². The highest BCUT2D eigenvalue weighted by molar-refractivity contribution is 7.15. The fourth-order valence-corrected chi connectivity index (χ4v) is 3.59. The van der Waals surface area contributed by atoms with Crippen molar-refractivity contribution in [2.24, 2.45) is 11.1 Å². The summed E-state index contributed by atoms with van der Waals surface area (Å²) in [5.74, 6) is -0.288. The smallest absolute Gasteiger partial charge is 0.225 e. The average Bonchev–Trinajstić information content (AvgIpc) is 3.03. The largest absolute Gasteiger partial charge is 0.381 e. The van der Waals surface area contributed by atoms with Gasteiger partial charge in [-0.25, -0.2) is 0 Å². The van der Waals surface area contributed by atoms with Crippen molar-refractivity contribution >= 4 is 34.0 Å². The summed E-state index contributed by atoms with van der Waals surface area (Å²) in [4.78, 5) is 11.9. The van der Waals surface area contributed by atoms with Crippen LogP contribution < -0.4 is 11.1 Å². The molecular weight excluding hydrogens is 348 g/mol. The number of amides is 1. The molecule has 2 aromatic rings. The van der Waals surface area contributed by atoms with Gasteiger partial charge in [-0.1, -0.05) is 35.1 Å². The van der Waals surface area contributed by atoms with Gasteiger partial charge in [0.1, 0.15) is 5.01 Å². The number of nitrogens with one attached hydrogen (secondary N) is 1. The molecule has 3 N–H and O–H groups in total. The second kappa shape index (κ2) is 7.46. The molecule has 1 fully saturated rings. The maximum Gasteiger partial charge on any atom is 0.225 e. The zero-order chi connectivity index (χ0) is 17.0. The van der Waals surface area contributed by atoms with Gasteiger partial charge in [0.15, 0.2) is 0 Å². The fourth-order valence-electron chi connectivity index (χ4n) is 2.69. The summed E-state index contributed by atoms with van der Waals surface area (Å²) >= 11 is 7.37. The highest BCUT2D eigenvalue weighted by Crippen LogP contribution is 2.31. The van der Waals surface area contributed by atoms with Gasteiger partial charge in [-0.05, 0) is 30.5 Å². The van der Waals surface area contributed by atoms with Crippen LogP contribution >= 0.6 is 22.9 Å². The van der Waals surface area contributed by atoms with Gasteiger partial charge < -0.3 is 15.8 Å². The van der Waals surface area contributed by atoms with Crippen molar-refractivity contribution < 1.29 is 9.53 Å². The molecule has 1 amide bonds. The second-order valence-corrected chi connectivity index (χ2v) is 7.41. The Balaban J connectivity index is 1.61. The number of hydrogen-bond donors (Lipinski definition) is 2. The van der Waals surface area contributed by atoms with E-state index in [0.717, 1.165) is 10.6 Å². The van der Waals surface area contributed by atoms with E-state index in [4.69, 9.17) is 22.1 Å². The van der Waals surface area contributed by atoms with Gasteiger partial charge in [0.25, 0.3) is 0 Å². The predicted octanol–water partition coefficient (Wildman–Crippen LogP) is 2.48. The Labute approximate surface area is 149 Å². The number of rotatable bonds is 6. The number of anilines is 1. The number of aromatic nitrogens is 2. The topological polar surface area (TPSA) is 90.1 Å². The summed E-state index contributed by atoms with van der Waals surface area (Å²) in [7, 11) is 0. The van der Waals surface area contributed by atoms with Crippen LogP contribution in [0.15, 0.2) is 24.3 Å². The molecule has 0 radical (unpaired) electrons. The van der Waals surface area contributed by atoms with E-state index in [1.165, 1.54) is 11.3 Å². The lowest BCUT2D eigenvalue weighted by molar-refractivity contribution is -0.132. The van der Waals surface area contributed by atoms with Crippen LogP contribution in [0.25, 0.3) is 0 Å². The molecule has 6 nitrogen and oxygen atoms in total. The zero-order valence-electron chi connectivity index (χ0n) is 13.1. The lowest BCUT2D eigenvalue weighted by Gasteiger charge is -2.34. The maximum atomic E-state index is 11.9. The van der Waals surface area contributed by atoms with Gasteiger partial charge in [-0.3, -0.25) is 4.79 Å². The quantitative estimate of drug-likeness (QED) is 0.819. The number of hydrogen-bond acceptors (Lipinski definition) is 6. The Morgan fingerprint density at radius 3 is 2.67 bits per heavy atom. The first kappa shape index (κ1) is 17.1. The molecule has 2 heterocycles. The number of nitrogens with two attached hydrogens (primary N) is 1. The van der Waals surface area contributed by atoms with E-state index in [9.17, 15) is 4.79 Å². The third-order valence-corrected chi connectivity index (χ3v) is 5.42. The van der Waals surface area contributed by atoms with Gasteiger partial charge >= 0.3 is 0 Å².